The van der Waals surface area contributed by atoms with Gasteiger partial charge < -0.3 is 0 Å². The topological polar surface area (TPSA) is 25.8 Å². The first-order valence-corrected chi connectivity index (χ1v) is 23.6. The molecule has 2 heterocycles. The van der Waals surface area contributed by atoms with Gasteiger partial charge in [-0.25, -0.2) is 9.97 Å². The van der Waals surface area contributed by atoms with Gasteiger partial charge in [0.2, 0.25) is 0 Å². The zero-order chi connectivity index (χ0) is 44.3. The molecule has 2 aromatic heterocycles. The fraction of sp³-hybridized carbons (Fsp3) is 0. The van der Waals surface area contributed by atoms with Crippen LogP contribution >= 0.6 is 11.3 Å². The van der Waals surface area contributed by atoms with Gasteiger partial charge >= 0.3 is 0 Å². The van der Waals surface area contributed by atoms with Gasteiger partial charge in [0.1, 0.15) is 0 Å². The first-order valence-electron chi connectivity index (χ1n) is 22.8. The summed E-state index contributed by atoms with van der Waals surface area (Å²) in [4.78, 5) is 11.5. The molecule has 312 valence electrons. The van der Waals surface area contributed by atoms with E-state index >= 15 is 0 Å². The minimum atomic E-state index is 0.709. The minimum absolute atomic E-state index is 0.709. The SMILES string of the molecule is c1ccc(-c2nc(-c3ccc(-c4ccc(-c5ccc(-c6c7ccccc7cc7c6ccc6ccccc67)c6ccccc56)cc4)cc3)cc(-c3ccc(-c4cc5ccccc5s4)cc3)n2)cc1. The number of hydrogen-bond donors (Lipinski definition) is 0. The molecule has 0 amide bonds. The lowest BCUT2D eigenvalue weighted by molar-refractivity contribution is 1.18. The fourth-order valence-electron chi connectivity index (χ4n) is 9.94. The van der Waals surface area contributed by atoms with Crippen molar-refractivity contribution < 1.29 is 0 Å². The van der Waals surface area contributed by atoms with Crippen LogP contribution in [-0.4, -0.2) is 9.97 Å². The highest BCUT2D eigenvalue weighted by Gasteiger charge is 2.17. The van der Waals surface area contributed by atoms with Crippen molar-refractivity contribution in [1.29, 1.82) is 0 Å². The maximum Gasteiger partial charge on any atom is 0.160 e. The average molecular weight is 869 g/mol. The molecule has 13 rings (SSSR count). The Bertz CT molecular complexity index is 3970. The molecule has 3 heteroatoms. The van der Waals surface area contributed by atoms with Crippen LogP contribution < -0.4 is 0 Å². The van der Waals surface area contributed by atoms with Crippen LogP contribution in [0.5, 0.6) is 0 Å². The third-order valence-electron chi connectivity index (χ3n) is 13.3. The second-order valence-electron chi connectivity index (χ2n) is 17.3. The Morgan fingerprint density at radius 1 is 0.269 bits per heavy atom. The van der Waals surface area contributed by atoms with Gasteiger partial charge in [0.05, 0.1) is 11.4 Å². The van der Waals surface area contributed by atoms with Crippen LogP contribution in [0, 0.1) is 0 Å². The van der Waals surface area contributed by atoms with Crippen molar-refractivity contribution in [3.8, 4) is 77.7 Å². The molecule has 67 heavy (non-hydrogen) atoms. The highest BCUT2D eigenvalue weighted by Crippen LogP contribution is 2.44. The number of fused-ring (bicyclic) bond motifs is 6. The molecule has 0 spiro atoms. The lowest BCUT2D eigenvalue weighted by atomic mass is 9.86. The van der Waals surface area contributed by atoms with Crippen molar-refractivity contribution >= 4 is 64.5 Å². The van der Waals surface area contributed by atoms with Crippen LogP contribution in [0.1, 0.15) is 0 Å². The van der Waals surface area contributed by atoms with E-state index in [9.17, 15) is 0 Å². The van der Waals surface area contributed by atoms with Crippen LogP contribution in [-0.2, 0) is 0 Å². The molecular formula is C64H40N2S. The van der Waals surface area contributed by atoms with Gasteiger partial charge in [0, 0.05) is 26.3 Å². The minimum Gasteiger partial charge on any atom is -0.228 e. The standard InChI is InChI=1S/C64H40N2S/c1-2-13-48(14-3-1)64-65-59(40-60(66-64)46-30-32-47(33-31-46)62-39-50-16-6-11-21-61(50)67-62)45-28-24-42(25-29-45)41-22-26-44(27-23-41)52-36-37-56(55-20-10-9-19-54(52)55)63-53-18-8-5-15-49(53)38-58-51-17-7-4-12-43(51)34-35-57(58)63/h1-40H. The third kappa shape index (κ3) is 6.96. The van der Waals surface area contributed by atoms with Crippen LogP contribution in [0.2, 0.25) is 0 Å². The van der Waals surface area contributed by atoms with Crippen LogP contribution in [0.15, 0.2) is 243 Å². The van der Waals surface area contributed by atoms with E-state index in [4.69, 9.17) is 9.97 Å². The maximum atomic E-state index is 5.12. The molecule has 0 fully saturated rings. The van der Waals surface area contributed by atoms with Crippen LogP contribution in [0.4, 0.5) is 0 Å². The molecule has 0 N–H and O–H groups in total. The Balaban J connectivity index is 0.827. The number of hydrogen-bond acceptors (Lipinski definition) is 3. The monoisotopic (exact) mass is 868 g/mol. The first-order chi connectivity index (χ1) is 33.2. The maximum absolute atomic E-state index is 5.12. The zero-order valence-electron chi connectivity index (χ0n) is 36.4. The number of rotatable bonds is 7. The van der Waals surface area contributed by atoms with E-state index < -0.39 is 0 Å². The number of thiophene rings is 1. The summed E-state index contributed by atoms with van der Waals surface area (Å²) in [6.45, 7) is 0. The van der Waals surface area contributed by atoms with Crippen LogP contribution in [0.25, 0.3) is 131 Å². The van der Waals surface area contributed by atoms with Gasteiger partial charge in [-0.2, -0.15) is 0 Å². The summed E-state index contributed by atoms with van der Waals surface area (Å²) in [5.74, 6) is 0.709. The molecule has 0 unspecified atom stereocenters. The second-order valence-corrected chi connectivity index (χ2v) is 18.4. The molecule has 2 nitrogen and oxygen atoms in total. The molecule has 0 saturated heterocycles. The number of benzene rings is 11. The molecular weight excluding hydrogens is 829 g/mol. The van der Waals surface area contributed by atoms with Crippen molar-refractivity contribution in [2.75, 3.05) is 0 Å². The van der Waals surface area contributed by atoms with Crippen molar-refractivity contribution in [2.45, 2.75) is 0 Å². The summed E-state index contributed by atoms with van der Waals surface area (Å²) in [6, 6.07) is 87.8. The van der Waals surface area contributed by atoms with Gasteiger partial charge in [0.15, 0.2) is 5.82 Å². The van der Waals surface area contributed by atoms with Gasteiger partial charge in [0.25, 0.3) is 0 Å². The predicted octanol–water partition coefficient (Wildman–Crippen LogP) is 18.0. The van der Waals surface area contributed by atoms with Gasteiger partial charge in [-0.1, -0.05) is 218 Å². The average Bonchev–Trinajstić information content (AvgIpc) is 3.85. The largest absolute Gasteiger partial charge is 0.228 e. The highest BCUT2D eigenvalue weighted by molar-refractivity contribution is 7.22. The van der Waals surface area contributed by atoms with E-state index in [1.807, 2.05) is 29.5 Å². The number of aromatic nitrogens is 2. The van der Waals surface area contributed by atoms with Gasteiger partial charge in [-0.15, -0.1) is 11.3 Å². The predicted molar refractivity (Wildman–Crippen MR) is 285 cm³/mol. The summed E-state index contributed by atoms with van der Waals surface area (Å²) in [5.41, 5.74) is 13.3. The van der Waals surface area contributed by atoms with Gasteiger partial charge in [-0.3, -0.25) is 0 Å². The molecule has 0 radical (unpaired) electrons. The smallest absolute Gasteiger partial charge is 0.160 e. The van der Waals surface area contributed by atoms with Crippen molar-refractivity contribution in [2.24, 2.45) is 0 Å². The Kier molecular flexibility index (Phi) is 9.40. The zero-order valence-corrected chi connectivity index (χ0v) is 37.2. The molecule has 0 aliphatic carbocycles. The van der Waals surface area contributed by atoms with E-state index in [0.717, 1.165) is 39.2 Å². The van der Waals surface area contributed by atoms with Crippen molar-refractivity contribution in [3.05, 3.63) is 243 Å². The van der Waals surface area contributed by atoms with Crippen LogP contribution in [0.3, 0.4) is 0 Å². The fourth-order valence-corrected chi connectivity index (χ4v) is 11.0. The Labute approximate surface area is 392 Å². The first kappa shape index (κ1) is 38.9. The Hall–Kier alpha value is -8.50. The molecule has 0 saturated carbocycles. The quantitative estimate of drug-likeness (QED) is 0.118. The van der Waals surface area contributed by atoms with Gasteiger partial charge in [-0.05, 0) is 112 Å². The summed E-state index contributed by atoms with van der Waals surface area (Å²) < 4.78 is 1.30. The molecule has 0 aliphatic rings. The van der Waals surface area contributed by atoms with E-state index in [1.54, 1.807) is 0 Å². The summed E-state index contributed by atoms with van der Waals surface area (Å²) >= 11 is 1.83. The molecule has 11 aromatic carbocycles. The Morgan fingerprint density at radius 2 is 0.791 bits per heavy atom. The Morgan fingerprint density at radius 3 is 1.48 bits per heavy atom. The number of nitrogens with zero attached hydrogens (tertiary/aromatic N) is 2. The second kappa shape index (κ2) is 16.2. The van der Waals surface area contributed by atoms with Crippen molar-refractivity contribution in [3.63, 3.8) is 0 Å². The summed E-state index contributed by atoms with van der Waals surface area (Å²) in [7, 11) is 0. The summed E-state index contributed by atoms with van der Waals surface area (Å²) in [5, 5.41) is 11.4. The molecule has 0 bridgehead atoms. The highest BCUT2D eigenvalue weighted by atomic mass is 32.1. The normalized spacial score (nSPS) is 11.6. The third-order valence-corrected chi connectivity index (χ3v) is 14.5. The van der Waals surface area contributed by atoms with Crippen molar-refractivity contribution in [1.82, 2.24) is 9.97 Å². The van der Waals surface area contributed by atoms with E-state index in [-0.39, 0.29) is 0 Å². The van der Waals surface area contributed by atoms with E-state index in [0.29, 0.717) is 5.82 Å². The van der Waals surface area contributed by atoms with E-state index in [1.165, 1.54) is 85.9 Å². The lowest BCUT2D eigenvalue weighted by Crippen LogP contribution is -1.96. The van der Waals surface area contributed by atoms with E-state index in [2.05, 4.69) is 224 Å². The lowest BCUT2D eigenvalue weighted by Gasteiger charge is -2.17. The molecule has 13 aromatic rings. The molecule has 0 aliphatic heterocycles. The molecule has 0 atom stereocenters. The summed E-state index contributed by atoms with van der Waals surface area (Å²) in [6.07, 6.45) is 0.